The molecule has 56 valence electrons. The molecule has 2 N–H and O–H groups in total. The number of hydrogen-bond acceptors (Lipinski definition) is 3. The first-order chi connectivity index (χ1) is 4.91. The van der Waals surface area contributed by atoms with Crippen LogP contribution in [-0.2, 0) is 0 Å². The van der Waals surface area contributed by atoms with Crippen molar-refractivity contribution in [3.63, 3.8) is 0 Å². The minimum Gasteiger partial charge on any atom is -0.376 e. The van der Waals surface area contributed by atoms with Crippen LogP contribution in [0.5, 0.6) is 0 Å². The molecule has 1 spiro atoms. The highest BCUT2D eigenvalue weighted by Gasteiger charge is 2.34. The summed E-state index contributed by atoms with van der Waals surface area (Å²) in [4.78, 5) is 4.24. The molecular weight excluding hydrogens is 126 g/mol. The summed E-state index contributed by atoms with van der Waals surface area (Å²) in [6.45, 7) is 4.41. The van der Waals surface area contributed by atoms with E-state index in [0.717, 1.165) is 26.2 Å². The van der Waals surface area contributed by atoms with Crippen LogP contribution in [0.25, 0.3) is 0 Å². The lowest BCUT2D eigenvalue weighted by atomic mass is 9.86. The van der Waals surface area contributed by atoms with Crippen LogP contribution in [0.15, 0.2) is 4.99 Å². The molecule has 2 aliphatic heterocycles. The molecule has 2 aliphatic rings. The Bertz CT molecular complexity index is 147. The summed E-state index contributed by atoms with van der Waals surface area (Å²) in [5, 5.41) is 6.55. The first kappa shape index (κ1) is 6.16. The minimum atomic E-state index is 0.453. The number of hydrogen-bond donors (Lipinski definition) is 2. The van der Waals surface area contributed by atoms with Crippen LogP contribution >= 0.6 is 0 Å². The van der Waals surface area contributed by atoms with E-state index in [2.05, 4.69) is 15.6 Å². The Morgan fingerprint density at radius 2 is 2.40 bits per heavy atom. The van der Waals surface area contributed by atoms with Gasteiger partial charge in [-0.1, -0.05) is 0 Å². The van der Waals surface area contributed by atoms with Gasteiger partial charge in [0.2, 0.25) is 0 Å². The molecule has 0 aromatic rings. The number of aliphatic imine (C=N–C) groups is 1. The van der Waals surface area contributed by atoms with Crippen LogP contribution in [0.1, 0.15) is 6.42 Å². The van der Waals surface area contributed by atoms with E-state index < -0.39 is 0 Å². The Labute approximate surface area is 60.9 Å². The van der Waals surface area contributed by atoms with E-state index in [-0.39, 0.29) is 0 Å². The average Bonchev–Trinajstić information content (AvgIpc) is 2.39. The summed E-state index contributed by atoms with van der Waals surface area (Å²) in [5.41, 5.74) is 0.453. The first-order valence-electron chi connectivity index (χ1n) is 3.84. The molecule has 1 atom stereocenters. The molecule has 0 radical (unpaired) electrons. The fraction of sp³-hybridized carbons (Fsp3) is 0.857. The zero-order valence-electron chi connectivity index (χ0n) is 6.06. The topological polar surface area (TPSA) is 36.4 Å². The third-order valence-corrected chi connectivity index (χ3v) is 2.42. The van der Waals surface area contributed by atoms with Gasteiger partial charge in [-0.3, -0.25) is 4.99 Å². The van der Waals surface area contributed by atoms with Gasteiger partial charge in [-0.15, -0.1) is 0 Å². The molecule has 1 unspecified atom stereocenters. The van der Waals surface area contributed by atoms with Crippen molar-refractivity contribution in [2.24, 2.45) is 10.4 Å². The van der Waals surface area contributed by atoms with Crippen LogP contribution in [0.2, 0.25) is 0 Å². The molecule has 0 aliphatic carbocycles. The van der Waals surface area contributed by atoms with E-state index in [4.69, 9.17) is 0 Å². The third kappa shape index (κ3) is 0.904. The van der Waals surface area contributed by atoms with Crippen LogP contribution in [0.3, 0.4) is 0 Å². The van der Waals surface area contributed by atoms with Gasteiger partial charge >= 0.3 is 0 Å². The molecule has 0 saturated carbocycles. The smallest absolute Gasteiger partial charge is 0.0824 e. The van der Waals surface area contributed by atoms with E-state index in [9.17, 15) is 0 Å². The van der Waals surface area contributed by atoms with Gasteiger partial charge in [-0.05, 0) is 13.0 Å². The first-order valence-corrected chi connectivity index (χ1v) is 3.84. The molecule has 3 heteroatoms. The predicted octanol–water partition coefficient (Wildman–Crippen LogP) is -0.402. The van der Waals surface area contributed by atoms with Gasteiger partial charge in [0, 0.05) is 25.0 Å². The van der Waals surface area contributed by atoms with Crippen LogP contribution in [0.4, 0.5) is 0 Å². The van der Waals surface area contributed by atoms with Crippen molar-refractivity contribution in [1.29, 1.82) is 0 Å². The SMILES string of the molecule is C1=NCC2(CCNC2)CN1. The molecular formula is C7H13N3. The quantitative estimate of drug-likeness (QED) is 0.479. The van der Waals surface area contributed by atoms with Crippen LogP contribution in [0, 0.1) is 5.41 Å². The Morgan fingerprint density at radius 3 is 3.00 bits per heavy atom. The molecule has 0 aromatic heterocycles. The molecule has 3 nitrogen and oxygen atoms in total. The van der Waals surface area contributed by atoms with Gasteiger partial charge in [0.05, 0.1) is 6.34 Å². The lowest BCUT2D eigenvalue weighted by molar-refractivity contribution is 0.325. The second kappa shape index (κ2) is 2.23. The summed E-state index contributed by atoms with van der Waals surface area (Å²) < 4.78 is 0. The zero-order chi connectivity index (χ0) is 6.86. The Kier molecular flexibility index (Phi) is 1.38. The Balaban J connectivity index is 2.06. The Morgan fingerprint density at radius 1 is 1.40 bits per heavy atom. The monoisotopic (exact) mass is 139 g/mol. The third-order valence-electron chi connectivity index (χ3n) is 2.42. The van der Waals surface area contributed by atoms with Crippen molar-refractivity contribution in [3.05, 3.63) is 0 Å². The molecule has 2 rings (SSSR count). The Hall–Kier alpha value is -0.570. The number of rotatable bonds is 0. The molecule has 0 amide bonds. The van der Waals surface area contributed by atoms with Crippen molar-refractivity contribution in [3.8, 4) is 0 Å². The maximum atomic E-state index is 4.24. The van der Waals surface area contributed by atoms with Crippen molar-refractivity contribution in [2.75, 3.05) is 26.2 Å². The standard InChI is InChI=1S/C7H13N3/c1-2-8-3-7(1)4-9-6-10-5-7/h6,8H,1-5H2,(H,9,10). The van der Waals surface area contributed by atoms with Crippen molar-refractivity contribution < 1.29 is 0 Å². The van der Waals surface area contributed by atoms with Crippen molar-refractivity contribution in [1.82, 2.24) is 10.6 Å². The van der Waals surface area contributed by atoms with Gasteiger partial charge in [0.25, 0.3) is 0 Å². The maximum Gasteiger partial charge on any atom is 0.0824 e. The van der Waals surface area contributed by atoms with Crippen molar-refractivity contribution >= 4 is 6.34 Å². The number of nitrogens with zero attached hydrogens (tertiary/aromatic N) is 1. The van der Waals surface area contributed by atoms with E-state index in [0.29, 0.717) is 5.41 Å². The highest BCUT2D eigenvalue weighted by Crippen LogP contribution is 2.25. The van der Waals surface area contributed by atoms with Gasteiger partial charge in [-0.25, -0.2) is 0 Å². The molecule has 0 bridgehead atoms. The van der Waals surface area contributed by atoms with E-state index >= 15 is 0 Å². The fourth-order valence-corrected chi connectivity index (χ4v) is 1.70. The van der Waals surface area contributed by atoms with Crippen LogP contribution in [-0.4, -0.2) is 32.5 Å². The number of nitrogens with one attached hydrogen (secondary N) is 2. The summed E-state index contributed by atoms with van der Waals surface area (Å²) in [6.07, 6.45) is 3.10. The summed E-state index contributed by atoms with van der Waals surface area (Å²) in [6, 6.07) is 0. The summed E-state index contributed by atoms with van der Waals surface area (Å²) in [5.74, 6) is 0. The normalized spacial score (nSPS) is 38.4. The zero-order valence-corrected chi connectivity index (χ0v) is 6.06. The molecule has 1 fully saturated rings. The van der Waals surface area contributed by atoms with Gasteiger partial charge < -0.3 is 10.6 Å². The van der Waals surface area contributed by atoms with E-state index in [1.165, 1.54) is 6.42 Å². The van der Waals surface area contributed by atoms with E-state index in [1.807, 2.05) is 6.34 Å². The molecule has 10 heavy (non-hydrogen) atoms. The van der Waals surface area contributed by atoms with Crippen molar-refractivity contribution in [2.45, 2.75) is 6.42 Å². The molecule has 1 saturated heterocycles. The van der Waals surface area contributed by atoms with Gasteiger partial charge in [0.1, 0.15) is 0 Å². The van der Waals surface area contributed by atoms with Crippen LogP contribution < -0.4 is 10.6 Å². The average molecular weight is 139 g/mol. The predicted molar refractivity (Wildman–Crippen MR) is 41.3 cm³/mol. The molecule has 0 aromatic carbocycles. The highest BCUT2D eigenvalue weighted by atomic mass is 15.0. The van der Waals surface area contributed by atoms with Gasteiger partial charge in [0.15, 0.2) is 0 Å². The summed E-state index contributed by atoms with van der Waals surface area (Å²) >= 11 is 0. The molecule has 2 heterocycles. The maximum absolute atomic E-state index is 4.24. The lowest BCUT2D eigenvalue weighted by Gasteiger charge is -2.28. The van der Waals surface area contributed by atoms with Gasteiger partial charge in [-0.2, -0.15) is 0 Å². The van der Waals surface area contributed by atoms with E-state index in [1.54, 1.807) is 0 Å². The highest BCUT2D eigenvalue weighted by molar-refractivity contribution is 5.55. The lowest BCUT2D eigenvalue weighted by Crippen LogP contribution is -2.41. The second-order valence-electron chi connectivity index (χ2n) is 3.28. The fourth-order valence-electron chi connectivity index (χ4n) is 1.70. The summed E-state index contributed by atoms with van der Waals surface area (Å²) in [7, 11) is 0. The largest absolute Gasteiger partial charge is 0.376 e. The minimum absolute atomic E-state index is 0.453. The second-order valence-corrected chi connectivity index (χ2v) is 3.28.